The number of nitro groups is 1. The first-order valence-electron chi connectivity index (χ1n) is 6.96. The van der Waals surface area contributed by atoms with Crippen molar-refractivity contribution in [1.29, 1.82) is 0 Å². The number of nitrogens with one attached hydrogen (secondary N) is 1. The van der Waals surface area contributed by atoms with Gasteiger partial charge in [0.1, 0.15) is 10.1 Å². The lowest BCUT2D eigenvalue weighted by Gasteiger charge is -2.20. The molecule has 0 radical (unpaired) electrons. The van der Waals surface area contributed by atoms with Crippen molar-refractivity contribution in [2.24, 2.45) is 0 Å². The Morgan fingerprint density at radius 3 is 2.61 bits per heavy atom. The highest BCUT2D eigenvalue weighted by Gasteiger charge is 2.15. The molecule has 7 nitrogen and oxygen atoms in total. The molecular weight excluding hydrogens is 338 g/mol. The number of hydrogen-bond acceptors (Lipinski definition) is 6. The fraction of sp³-hybridized carbons (Fsp3) is 0.429. The number of carbonyl (C=O) groups excluding carboxylic acids is 1. The Labute approximate surface area is 144 Å². The topological polar surface area (TPSA) is 84.7 Å². The number of carbonyl (C=O) groups is 1. The van der Waals surface area contributed by atoms with Crippen LogP contribution in [0.15, 0.2) is 18.2 Å². The molecule has 23 heavy (non-hydrogen) atoms. The molecule has 0 aromatic heterocycles. The van der Waals surface area contributed by atoms with Crippen molar-refractivity contribution in [3.63, 3.8) is 0 Å². The summed E-state index contributed by atoms with van der Waals surface area (Å²) < 4.78 is 5.75. The Morgan fingerprint density at radius 2 is 2.09 bits per heavy atom. The molecule has 0 spiro atoms. The maximum Gasteiger partial charge on any atom is 0.271 e. The lowest BCUT2D eigenvalue weighted by Crippen LogP contribution is -2.28. The van der Waals surface area contributed by atoms with Crippen molar-refractivity contribution in [2.75, 3.05) is 31.3 Å². The number of methoxy groups -OCH3 is 1. The van der Waals surface area contributed by atoms with Crippen LogP contribution >= 0.6 is 24.0 Å². The molecule has 0 aliphatic heterocycles. The average molecular weight is 357 g/mol. The molecule has 0 saturated heterocycles. The van der Waals surface area contributed by atoms with Crippen LogP contribution in [0.25, 0.3) is 0 Å². The van der Waals surface area contributed by atoms with Gasteiger partial charge in [0.15, 0.2) is 0 Å². The van der Waals surface area contributed by atoms with Crippen molar-refractivity contribution < 1.29 is 14.5 Å². The number of hydrogen-bond donors (Lipinski definition) is 1. The van der Waals surface area contributed by atoms with Gasteiger partial charge in [-0.15, -0.1) is 0 Å². The number of thiocarbonyl (C=S) groups is 1. The van der Waals surface area contributed by atoms with Crippen molar-refractivity contribution in [1.82, 2.24) is 4.90 Å². The number of amides is 1. The third kappa shape index (κ3) is 5.68. The second-order valence-electron chi connectivity index (χ2n) is 4.42. The van der Waals surface area contributed by atoms with Crippen LogP contribution in [0.2, 0.25) is 0 Å². The lowest BCUT2D eigenvalue weighted by atomic mass is 10.2. The summed E-state index contributed by atoms with van der Waals surface area (Å²) in [6, 6.07) is 4.03. The summed E-state index contributed by atoms with van der Waals surface area (Å²) in [4.78, 5) is 24.3. The first-order chi connectivity index (χ1) is 10.9. The molecule has 9 heteroatoms. The molecule has 126 valence electrons. The van der Waals surface area contributed by atoms with Crippen LogP contribution in [0, 0.1) is 10.1 Å². The van der Waals surface area contributed by atoms with E-state index >= 15 is 0 Å². The Kier molecular flexibility index (Phi) is 7.76. The number of benzene rings is 1. The minimum absolute atomic E-state index is 0.118. The zero-order valence-electron chi connectivity index (χ0n) is 13.2. The van der Waals surface area contributed by atoms with E-state index < -0.39 is 4.92 Å². The summed E-state index contributed by atoms with van der Waals surface area (Å²) >= 11 is 6.51. The van der Waals surface area contributed by atoms with Crippen LogP contribution in [-0.4, -0.2) is 46.0 Å². The van der Waals surface area contributed by atoms with Crippen molar-refractivity contribution in [2.45, 2.75) is 13.8 Å². The number of ether oxygens (including phenoxy) is 1. The Bertz CT molecular complexity index is 591. The Balaban J connectivity index is 2.71. The van der Waals surface area contributed by atoms with Crippen LogP contribution in [-0.2, 0) is 4.79 Å². The molecule has 0 saturated carbocycles. The highest BCUT2D eigenvalue weighted by Crippen LogP contribution is 2.29. The van der Waals surface area contributed by atoms with Crippen LogP contribution in [0.3, 0.4) is 0 Å². The maximum absolute atomic E-state index is 12.0. The zero-order valence-corrected chi connectivity index (χ0v) is 14.8. The number of rotatable bonds is 7. The molecule has 0 unspecified atom stereocenters. The predicted octanol–water partition coefficient (Wildman–Crippen LogP) is 2.90. The van der Waals surface area contributed by atoms with E-state index in [0.29, 0.717) is 10.1 Å². The molecule has 0 fully saturated rings. The van der Waals surface area contributed by atoms with Gasteiger partial charge in [0.25, 0.3) is 5.69 Å². The van der Waals surface area contributed by atoms with E-state index in [9.17, 15) is 14.9 Å². The fourth-order valence-corrected chi connectivity index (χ4v) is 3.00. The van der Waals surface area contributed by atoms with Gasteiger partial charge < -0.3 is 15.0 Å². The standard InChI is InChI=1S/C14H19N3O4S2/c1-4-16(5-2)14(22)23-9-13(18)15-11-8-10(17(19)20)6-7-12(11)21-3/h6-8H,4-5,9H2,1-3H3,(H,15,18). The van der Waals surface area contributed by atoms with E-state index in [2.05, 4.69) is 5.32 Å². The summed E-state index contributed by atoms with van der Waals surface area (Å²) in [7, 11) is 1.43. The van der Waals surface area contributed by atoms with Gasteiger partial charge in [-0.2, -0.15) is 0 Å². The van der Waals surface area contributed by atoms with Gasteiger partial charge >= 0.3 is 0 Å². The predicted molar refractivity (Wildman–Crippen MR) is 96.3 cm³/mol. The van der Waals surface area contributed by atoms with Crippen LogP contribution in [0.4, 0.5) is 11.4 Å². The van der Waals surface area contributed by atoms with Gasteiger partial charge in [-0.3, -0.25) is 14.9 Å². The molecule has 0 aliphatic carbocycles. The van der Waals surface area contributed by atoms with E-state index in [0.717, 1.165) is 13.1 Å². The molecule has 1 amide bonds. The Hall–Kier alpha value is -1.87. The van der Waals surface area contributed by atoms with Gasteiger partial charge in [-0.05, 0) is 19.9 Å². The van der Waals surface area contributed by atoms with Gasteiger partial charge in [0.05, 0.1) is 23.5 Å². The van der Waals surface area contributed by atoms with Crippen molar-refractivity contribution >= 4 is 45.6 Å². The largest absolute Gasteiger partial charge is 0.495 e. The second kappa shape index (κ2) is 9.31. The first kappa shape index (κ1) is 19.2. The summed E-state index contributed by atoms with van der Waals surface area (Å²) in [5.41, 5.74) is 0.147. The van der Waals surface area contributed by atoms with Gasteiger partial charge in [0.2, 0.25) is 5.91 Å². The molecule has 0 aliphatic rings. The molecule has 1 N–H and O–H groups in total. The zero-order chi connectivity index (χ0) is 17.4. The molecular formula is C14H19N3O4S2. The summed E-state index contributed by atoms with van der Waals surface area (Å²) in [5, 5.41) is 13.4. The molecule has 1 rings (SSSR count). The molecule has 0 heterocycles. The monoisotopic (exact) mass is 357 g/mol. The van der Waals surface area contributed by atoms with E-state index in [1.807, 2.05) is 18.7 Å². The molecule has 1 aromatic rings. The van der Waals surface area contributed by atoms with E-state index in [4.69, 9.17) is 17.0 Å². The maximum atomic E-state index is 12.0. The number of nitro benzene ring substituents is 1. The summed E-state index contributed by atoms with van der Waals surface area (Å²) in [6.07, 6.45) is 0. The Morgan fingerprint density at radius 1 is 1.43 bits per heavy atom. The van der Waals surface area contributed by atoms with Crippen LogP contribution in [0.5, 0.6) is 5.75 Å². The first-order valence-corrected chi connectivity index (χ1v) is 8.36. The van der Waals surface area contributed by atoms with Gasteiger partial charge in [0, 0.05) is 25.2 Å². The van der Waals surface area contributed by atoms with Crippen LogP contribution in [0.1, 0.15) is 13.8 Å². The highest BCUT2D eigenvalue weighted by molar-refractivity contribution is 8.23. The minimum atomic E-state index is -0.528. The second-order valence-corrected chi connectivity index (χ2v) is 6.03. The summed E-state index contributed by atoms with van der Waals surface area (Å²) in [6.45, 7) is 5.54. The van der Waals surface area contributed by atoms with E-state index in [-0.39, 0.29) is 23.0 Å². The van der Waals surface area contributed by atoms with Gasteiger partial charge in [-0.1, -0.05) is 24.0 Å². The normalized spacial score (nSPS) is 10.0. The quantitative estimate of drug-likeness (QED) is 0.456. The SMILES string of the molecule is CCN(CC)C(=S)SCC(=O)Nc1cc([N+](=O)[O-])ccc1OC. The minimum Gasteiger partial charge on any atom is -0.495 e. The van der Waals surface area contributed by atoms with E-state index in [1.54, 1.807) is 0 Å². The number of non-ortho nitro benzene ring substituents is 1. The number of thioether (sulfide) groups is 1. The molecule has 0 atom stereocenters. The van der Waals surface area contributed by atoms with Crippen molar-refractivity contribution in [3.05, 3.63) is 28.3 Å². The van der Waals surface area contributed by atoms with E-state index in [1.165, 1.54) is 37.1 Å². The third-order valence-electron chi connectivity index (χ3n) is 3.02. The third-order valence-corrected chi connectivity index (χ3v) is 4.54. The van der Waals surface area contributed by atoms with Crippen LogP contribution < -0.4 is 10.1 Å². The lowest BCUT2D eigenvalue weighted by molar-refractivity contribution is -0.384. The molecule has 0 bridgehead atoms. The number of anilines is 1. The summed E-state index contributed by atoms with van der Waals surface area (Å²) in [5.74, 6) is 0.185. The smallest absolute Gasteiger partial charge is 0.271 e. The highest BCUT2D eigenvalue weighted by atomic mass is 32.2. The average Bonchev–Trinajstić information content (AvgIpc) is 2.53. The number of nitrogens with zero attached hydrogens (tertiary/aromatic N) is 2. The molecule has 1 aromatic carbocycles. The van der Waals surface area contributed by atoms with Gasteiger partial charge in [-0.25, -0.2) is 0 Å². The fourth-order valence-electron chi connectivity index (χ4n) is 1.79. The van der Waals surface area contributed by atoms with Crippen molar-refractivity contribution in [3.8, 4) is 5.75 Å².